The number of halogens is 1. The third-order valence-electron chi connectivity index (χ3n) is 2.85. The Morgan fingerprint density at radius 3 is 2.24 bits per heavy atom. The van der Waals surface area contributed by atoms with E-state index in [1.807, 2.05) is 0 Å². The van der Waals surface area contributed by atoms with Crippen LogP contribution in [0.5, 0.6) is 0 Å². The molecule has 0 aliphatic heterocycles. The van der Waals surface area contributed by atoms with Gasteiger partial charge in [-0.1, -0.05) is 11.6 Å². The van der Waals surface area contributed by atoms with E-state index in [1.165, 1.54) is 12.1 Å². The van der Waals surface area contributed by atoms with Crippen molar-refractivity contribution in [2.24, 2.45) is 0 Å². The van der Waals surface area contributed by atoms with Crippen LogP contribution in [0.3, 0.4) is 0 Å². The van der Waals surface area contributed by atoms with Gasteiger partial charge in [0.1, 0.15) is 5.69 Å². The van der Waals surface area contributed by atoms with E-state index >= 15 is 0 Å². The van der Waals surface area contributed by atoms with Crippen molar-refractivity contribution in [3.05, 3.63) is 67.2 Å². The average Bonchev–Trinajstić information content (AvgIpc) is 2.41. The van der Waals surface area contributed by atoms with E-state index in [0.29, 0.717) is 10.7 Å². The Balaban J connectivity index is 2.44. The number of nitrogens with one attached hydrogen (secondary N) is 1. The maximum atomic E-state index is 11.0. The SMILES string of the molecule is Cc1cc(Cl)ccc1Nc1ccc([N+](=O)[O-])cc1[N+](=O)[O-]. The standard InChI is InChI=1S/C13H10ClN3O4/c1-8-6-9(14)2-4-11(8)15-12-5-3-10(16(18)19)7-13(12)17(20)21/h2-7,15H,1H3. The van der Waals surface area contributed by atoms with Gasteiger partial charge in [-0.3, -0.25) is 20.2 Å². The number of hydrogen-bond acceptors (Lipinski definition) is 5. The third kappa shape index (κ3) is 3.26. The van der Waals surface area contributed by atoms with Crippen molar-refractivity contribution in [3.8, 4) is 0 Å². The Bertz CT molecular complexity index is 733. The molecule has 108 valence electrons. The summed E-state index contributed by atoms with van der Waals surface area (Å²) in [5.74, 6) is 0. The molecule has 0 radical (unpaired) electrons. The van der Waals surface area contributed by atoms with E-state index in [1.54, 1.807) is 25.1 Å². The second kappa shape index (κ2) is 5.76. The number of rotatable bonds is 4. The highest BCUT2D eigenvalue weighted by atomic mass is 35.5. The van der Waals surface area contributed by atoms with Gasteiger partial charge < -0.3 is 5.32 Å². The Kier molecular flexibility index (Phi) is 4.04. The predicted molar refractivity (Wildman–Crippen MR) is 79.2 cm³/mol. The van der Waals surface area contributed by atoms with Crippen LogP contribution in [0.1, 0.15) is 5.56 Å². The molecule has 21 heavy (non-hydrogen) atoms. The van der Waals surface area contributed by atoms with Gasteiger partial charge in [0.25, 0.3) is 11.4 Å². The zero-order chi connectivity index (χ0) is 15.6. The summed E-state index contributed by atoms with van der Waals surface area (Å²) in [5.41, 5.74) is 0.918. The predicted octanol–water partition coefficient (Wildman–Crippen LogP) is 4.21. The van der Waals surface area contributed by atoms with Gasteiger partial charge in [-0.05, 0) is 36.8 Å². The Morgan fingerprint density at radius 1 is 1.00 bits per heavy atom. The van der Waals surface area contributed by atoms with Crippen molar-refractivity contribution >= 4 is 34.4 Å². The molecule has 7 nitrogen and oxygen atoms in total. The highest BCUT2D eigenvalue weighted by Crippen LogP contribution is 2.32. The molecule has 0 atom stereocenters. The van der Waals surface area contributed by atoms with Crippen LogP contribution in [-0.4, -0.2) is 9.85 Å². The largest absolute Gasteiger partial charge is 0.350 e. The van der Waals surface area contributed by atoms with Crippen molar-refractivity contribution < 1.29 is 9.85 Å². The quantitative estimate of drug-likeness (QED) is 0.674. The summed E-state index contributed by atoms with van der Waals surface area (Å²) < 4.78 is 0. The molecule has 0 unspecified atom stereocenters. The molecule has 0 aromatic heterocycles. The summed E-state index contributed by atoms with van der Waals surface area (Å²) in [6, 6.07) is 8.48. The molecule has 0 spiro atoms. The second-order valence-corrected chi connectivity index (χ2v) is 4.74. The zero-order valence-electron chi connectivity index (χ0n) is 10.9. The number of anilines is 2. The smallest absolute Gasteiger partial charge is 0.299 e. The van der Waals surface area contributed by atoms with Gasteiger partial charge in [-0.15, -0.1) is 0 Å². The number of hydrogen-bond donors (Lipinski definition) is 1. The first-order valence-corrected chi connectivity index (χ1v) is 6.22. The van der Waals surface area contributed by atoms with Gasteiger partial charge >= 0.3 is 0 Å². The number of nitro benzene ring substituents is 2. The lowest BCUT2D eigenvalue weighted by Gasteiger charge is -2.10. The molecular formula is C13H10ClN3O4. The molecule has 2 rings (SSSR count). The van der Waals surface area contributed by atoms with E-state index in [-0.39, 0.29) is 17.1 Å². The average molecular weight is 308 g/mol. The fourth-order valence-electron chi connectivity index (χ4n) is 1.80. The number of non-ortho nitro benzene ring substituents is 1. The zero-order valence-corrected chi connectivity index (χ0v) is 11.6. The summed E-state index contributed by atoms with van der Waals surface area (Å²) in [6.07, 6.45) is 0. The van der Waals surface area contributed by atoms with Gasteiger partial charge in [-0.25, -0.2) is 0 Å². The van der Waals surface area contributed by atoms with Crippen LogP contribution in [-0.2, 0) is 0 Å². The summed E-state index contributed by atoms with van der Waals surface area (Å²) in [6.45, 7) is 1.80. The highest BCUT2D eigenvalue weighted by molar-refractivity contribution is 6.30. The topological polar surface area (TPSA) is 98.3 Å². The van der Waals surface area contributed by atoms with Crippen molar-refractivity contribution in [3.63, 3.8) is 0 Å². The van der Waals surface area contributed by atoms with Crippen molar-refractivity contribution in [1.29, 1.82) is 0 Å². The van der Waals surface area contributed by atoms with Crippen molar-refractivity contribution in [2.75, 3.05) is 5.32 Å². The van der Waals surface area contributed by atoms with Crippen LogP contribution < -0.4 is 5.32 Å². The maximum absolute atomic E-state index is 11.0. The van der Waals surface area contributed by atoms with Crippen LogP contribution in [0, 0.1) is 27.2 Å². The molecule has 0 aliphatic carbocycles. The Morgan fingerprint density at radius 2 is 1.67 bits per heavy atom. The third-order valence-corrected chi connectivity index (χ3v) is 3.08. The van der Waals surface area contributed by atoms with E-state index in [9.17, 15) is 20.2 Å². The maximum Gasteiger partial charge on any atom is 0.299 e. The van der Waals surface area contributed by atoms with E-state index < -0.39 is 9.85 Å². The monoisotopic (exact) mass is 307 g/mol. The van der Waals surface area contributed by atoms with Gasteiger partial charge in [0.15, 0.2) is 0 Å². The fraction of sp³-hybridized carbons (Fsp3) is 0.0769. The first-order chi connectivity index (χ1) is 9.88. The normalized spacial score (nSPS) is 10.2. The molecule has 0 amide bonds. The summed E-state index contributed by atoms with van der Waals surface area (Å²) >= 11 is 5.85. The first-order valence-electron chi connectivity index (χ1n) is 5.84. The number of nitro groups is 2. The lowest BCUT2D eigenvalue weighted by molar-refractivity contribution is -0.393. The molecule has 2 aromatic carbocycles. The molecule has 0 fully saturated rings. The lowest BCUT2D eigenvalue weighted by Crippen LogP contribution is -1.99. The molecule has 0 heterocycles. The van der Waals surface area contributed by atoms with Gasteiger partial charge in [-0.2, -0.15) is 0 Å². The second-order valence-electron chi connectivity index (χ2n) is 4.30. The van der Waals surface area contributed by atoms with Gasteiger partial charge in [0.2, 0.25) is 0 Å². The van der Waals surface area contributed by atoms with Crippen LogP contribution in [0.2, 0.25) is 5.02 Å². The molecule has 1 N–H and O–H groups in total. The van der Waals surface area contributed by atoms with Crippen molar-refractivity contribution in [2.45, 2.75) is 6.92 Å². The minimum atomic E-state index is -0.676. The number of benzene rings is 2. The summed E-state index contributed by atoms with van der Waals surface area (Å²) in [5, 5.41) is 25.2. The van der Waals surface area contributed by atoms with Crippen molar-refractivity contribution in [1.82, 2.24) is 0 Å². The van der Waals surface area contributed by atoms with Gasteiger partial charge in [0, 0.05) is 16.8 Å². The molecule has 8 heteroatoms. The minimum Gasteiger partial charge on any atom is -0.350 e. The van der Waals surface area contributed by atoms with E-state index in [0.717, 1.165) is 11.6 Å². The van der Waals surface area contributed by atoms with E-state index in [2.05, 4.69) is 5.32 Å². The summed E-state index contributed by atoms with van der Waals surface area (Å²) in [7, 11) is 0. The lowest BCUT2D eigenvalue weighted by atomic mass is 10.1. The van der Waals surface area contributed by atoms with Crippen LogP contribution in [0.25, 0.3) is 0 Å². The highest BCUT2D eigenvalue weighted by Gasteiger charge is 2.19. The van der Waals surface area contributed by atoms with E-state index in [4.69, 9.17) is 11.6 Å². The molecular weight excluding hydrogens is 298 g/mol. The van der Waals surface area contributed by atoms with Crippen LogP contribution >= 0.6 is 11.6 Å². The Hall–Kier alpha value is -2.67. The van der Waals surface area contributed by atoms with Gasteiger partial charge in [0.05, 0.1) is 15.9 Å². The summed E-state index contributed by atoms with van der Waals surface area (Å²) in [4.78, 5) is 20.4. The molecule has 0 bridgehead atoms. The number of aryl methyl sites for hydroxylation is 1. The fourth-order valence-corrected chi connectivity index (χ4v) is 2.03. The van der Waals surface area contributed by atoms with Crippen LogP contribution in [0.15, 0.2) is 36.4 Å². The van der Waals surface area contributed by atoms with Crippen LogP contribution in [0.4, 0.5) is 22.7 Å². The first kappa shape index (κ1) is 14.7. The molecule has 0 saturated carbocycles. The Labute approximate surface area is 124 Å². The number of nitrogens with zero attached hydrogens (tertiary/aromatic N) is 2. The minimum absolute atomic E-state index is 0.177. The molecule has 0 aliphatic rings. The molecule has 2 aromatic rings. The molecule has 0 saturated heterocycles.